The summed E-state index contributed by atoms with van der Waals surface area (Å²) in [7, 11) is 0. The van der Waals surface area contributed by atoms with E-state index in [2.05, 4.69) is 15.3 Å². The van der Waals surface area contributed by atoms with Crippen molar-refractivity contribution in [2.75, 3.05) is 11.4 Å². The van der Waals surface area contributed by atoms with Gasteiger partial charge in [0.15, 0.2) is 0 Å². The highest BCUT2D eigenvalue weighted by Crippen LogP contribution is 2.28. The molecule has 1 aromatic heterocycles. The summed E-state index contributed by atoms with van der Waals surface area (Å²) in [6, 6.07) is 26.0. The number of anilines is 1. The number of nitrogens with one attached hydrogen (secondary N) is 2. The van der Waals surface area contributed by atoms with Crippen LogP contribution in [-0.4, -0.2) is 41.5 Å². The molecule has 1 aliphatic rings. The third kappa shape index (κ3) is 3.80. The first-order valence-electron chi connectivity index (χ1n) is 10.5. The van der Waals surface area contributed by atoms with Gasteiger partial charge in [-0.05, 0) is 18.2 Å². The van der Waals surface area contributed by atoms with Crippen molar-refractivity contribution in [1.29, 1.82) is 0 Å². The number of carbonyl (C=O) groups is 3. The van der Waals surface area contributed by atoms with Crippen LogP contribution in [0, 0.1) is 0 Å². The standard InChI is InChI=1S/C26H20N4O3/c31-15-14-30-22-13-7-5-11-19(22)23(17-8-2-1-3-9-17)28-24(26(30)33)29-25(32)21-16-18-10-4-6-12-20(18)27-21/h1-13,15-16,24,27H,14H2,(H,29,32)/t24-/m1/s1. The minimum absolute atomic E-state index is 0.147. The van der Waals surface area contributed by atoms with Crippen LogP contribution in [0.4, 0.5) is 5.69 Å². The Bertz CT molecular complexity index is 1360. The third-order valence-electron chi connectivity index (χ3n) is 5.55. The smallest absolute Gasteiger partial charge is 0.272 e. The van der Waals surface area contributed by atoms with Crippen LogP contribution in [0.15, 0.2) is 89.9 Å². The second-order valence-corrected chi connectivity index (χ2v) is 7.62. The van der Waals surface area contributed by atoms with E-state index in [4.69, 9.17) is 0 Å². The van der Waals surface area contributed by atoms with E-state index in [1.54, 1.807) is 18.2 Å². The summed E-state index contributed by atoms with van der Waals surface area (Å²) in [6.45, 7) is -0.147. The Hall–Kier alpha value is -4.52. The second kappa shape index (κ2) is 8.55. The number of rotatable bonds is 5. The average Bonchev–Trinajstić information content (AvgIpc) is 3.26. The molecule has 2 amide bonds. The number of benzodiazepines with no additional fused rings is 1. The van der Waals surface area contributed by atoms with Crippen molar-refractivity contribution < 1.29 is 14.4 Å². The molecule has 162 valence electrons. The van der Waals surface area contributed by atoms with E-state index in [0.717, 1.165) is 16.5 Å². The van der Waals surface area contributed by atoms with E-state index in [9.17, 15) is 14.4 Å². The molecule has 1 aliphatic heterocycles. The van der Waals surface area contributed by atoms with Gasteiger partial charge in [-0.2, -0.15) is 0 Å². The van der Waals surface area contributed by atoms with Crippen LogP contribution < -0.4 is 10.2 Å². The van der Waals surface area contributed by atoms with Gasteiger partial charge < -0.3 is 20.0 Å². The molecule has 1 atom stereocenters. The van der Waals surface area contributed by atoms with Crippen LogP contribution in [0.25, 0.3) is 10.9 Å². The number of aromatic amines is 1. The largest absolute Gasteiger partial charge is 0.351 e. The Morgan fingerprint density at radius 2 is 1.73 bits per heavy atom. The lowest BCUT2D eigenvalue weighted by atomic mass is 10.0. The van der Waals surface area contributed by atoms with E-state index < -0.39 is 18.0 Å². The summed E-state index contributed by atoms with van der Waals surface area (Å²) in [5, 5.41) is 3.63. The van der Waals surface area contributed by atoms with E-state index in [1.165, 1.54) is 4.90 Å². The van der Waals surface area contributed by atoms with Crippen LogP contribution in [0.3, 0.4) is 0 Å². The topological polar surface area (TPSA) is 94.6 Å². The first-order valence-corrected chi connectivity index (χ1v) is 10.5. The Kier molecular flexibility index (Phi) is 5.28. The summed E-state index contributed by atoms with van der Waals surface area (Å²) in [4.78, 5) is 47.0. The van der Waals surface area contributed by atoms with Gasteiger partial charge in [0.25, 0.3) is 11.8 Å². The number of aldehydes is 1. The highest BCUT2D eigenvalue weighted by molar-refractivity contribution is 6.20. The molecule has 0 fully saturated rings. The molecule has 7 heteroatoms. The Balaban J connectivity index is 1.58. The number of carbonyl (C=O) groups excluding carboxylic acids is 3. The number of hydrogen-bond donors (Lipinski definition) is 2. The van der Waals surface area contributed by atoms with Crippen molar-refractivity contribution in [2.24, 2.45) is 4.99 Å². The van der Waals surface area contributed by atoms with E-state index in [1.807, 2.05) is 66.7 Å². The molecule has 0 spiro atoms. The molecular formula is C26H20N4O3. The van der Waals surface area contributed by atoms with E-state index >= 15 is 0 Å². The predicted octanol–water partition coefficient (Wildman–Crippen LogP) is 3.31. The average molecular weight is 436 g/mol. The van der Waals surface area contributed by atoms with Crippen LogP contribution in [0.5, 0.6) is 0 Å². The van der Waals surface area contributed by atoms with Gasteiger partial charge >= 0.3 is 0 Å². The van der Waals surface area contributed by atoms with Gasteiger partial charge in [-0.15, -0.1) is 0 Å². The summed E-state index contributed by atoms with van der Waals surface area (Å²) in [6.07, 6.45) is -0.537. The lowest BCUT2D eigenvalue weighted by molar-refractivity contribution is -0.121. The van der Waals surface area contributed by atoms with Gasteiger partial charge in [-0.3, -0.25) is 9.59 Å². The Morgan fingerprint density at radius 1 is 1.00 bits per heavy atom. The first kappa shape index (κ1) is 20.4. The molecule has 7 nitrogen and oxygen atoms in total. The van der Waals surface area contributed by atoms with Crippen molar-refractivity contribution in [2.45, 2.75) is 6.17 Å². The van der Waals surface area contributed by atoms with Crippen LogP contribution in [-0.2, 0) is 9.59 Å². The van der Waals surface area contributed by atoms with Crippen molar-refractivity contribution in [3.05, 3.63) is 102 Å². The molecule has 4 aromatic rings. The van der Waals surface area contributed by atoms with Gasteiger partial charge in [0.05, 0.1) is 17.9 Å². The molecule has 2 N–H and O–H groups in total. The molecule has 0 saturated heterocycles. The number of hydrogen-bond acceptors (Lipinski definition) is 4. The molecule has 0 aliphatic carbocycles. The predicted molar refractivity (Wildman–Crippen MR) is 126 cm³/mol. The molecule has 0 unspecified atom stereocenters. The molecule has 33 heavy (non-hydrogen) atoms. The summed E-state index contributed by atoms with van der Waals surface area (Å²) >= 11 is 0. The SMILES string of the molecule is O=CCN1C(=O)[C@@H](NC(=O)c2cc3ccccc3[nH]2)N=C(c2ccccc2)c2ccccc21. The van der Waals surface area contributed by atoms with Crippen molar-refractivity contribution in [3.63, 3.8) is 0 Å². The van der Waals surface area contributed by atoms with E-state index in [0.29, 0.717) is 28.9 Å². The maximum atomic E-state index is 13.4. The Labute approximate surface area is 189 Å². The Morgan fingerprint density at radius 3 is 2.52 bits per heavy atom. The molecule has 2 heterocycles. The zero-order valence-corrected chi connectivity index (χ0v) is 17.6. The van der Waals surface area contributed by atoms with Gasteiger partial charge in [-0.25, -0.2) is 4.99 Å². The fourth-order valence-electron chi connectivity index (χ4n) is 4.01. The number of H-pyrrole nitrogens is 1. The normalized spacial score (nSPS) is 15.5. The van der Waals surface area contributed by atoms with E-state index in [-0.39, 0.29) is 6.54 Å². The maximum Gasteiger partial charge on any atom is 0.272 e. The van der Waals surface area contributed by atoms with Gasteiger partial charge in [-0.1, -0.05) is 66.7 Å². The zero-order valence-electron chi connectivity index (χ0n) is 17.6. The lowest BCUT2D eigenvalue weighted by Gasteiger charge is -2.23. The van der Waals surface area contributed by atoms with Gasteiger partial charge in [0, 0.05) is 22.0 Å². The second-order valence-electron chi connectivity index (χ2n) is 7.62. The maximum absolute atomic E-state index is 13.4. The highest BCUT2D eigenvalue weighted by atomic mass is 16.2. The molecular weight excluding hydrogens is 416 g/mol. The number of nitrogens with zero attached hydrogens (tertiary/aromatic N) is 2. The van der Waals surface area contributed by atoms with Crippen LogP contribution >= 0.6 is 0 Å². The number of amides is 2. The fraction of sp³-hybridized carbons (Fsp3) is 0.0769. The van der Waals surface area contributed by atoms with Crippen molar-refractivity contribution in [3.8, 4) is 0 Å². The quantitative estimate of drug-likeness (QED) is 0.470. The number of para-hydroxylation sites is 2. The fourth-order valence-corrected chi connectivity index (χ4v) is 4.01. The van der Waals surface area contributed by atoms with Crippen molar-refractivity contribution in [1.82, 2.24) is 10.3 Å². The number of fused-ring (bicyclic) bond motifs is 2. The van der Waals surface area contributed by atoms with Gasteiger partial charge in [0.2, 0.25) is 6.17 Å². The first-order chi connectivity index (χ1) is 16.2. The summed E-state index contributed by atoms with van der Waals surface area (Å²) in [5.74, 6) is -0.942. The minimum Gasteiger partial charge on any atom is -0.351 e. The van der Waals surface area contributed by atoms with Crippen LogP contribution in [0.2, 0.25) is 0 Å². The molecule has 0 radical (unpaired) electrons. The van der Waals surface area contributed by atoms with Gasteiger partial charge in [0.1, 0.15) is 12.0 Å². The minimum atomic E-state index is -1.20. The monoisotopic (exact) mass is 436 g/mol. The molecule has 0 bridgehead atoms. The summed E-state index contributed by atoms with van der Waals surface area (Å²) < 4.78 is 0. The third-order valence-corrected chi connectivity index (χ3v) is 5.55. The number of benzene rings is 3. The lowest BCUT2D eigenvalue weighted by Crippen LogP contribution is -2.48. The number of aromatic nitrogens is 1. The zero-order chi connectivity index (χ0) is 22.8. The summed E-state index contributed by atoms with van der Waals surface area (Å²) in [5.41, 5.74) is 3.79. The molecule has 5 rings (SSSR count). The molecule has 3 aromatic carbocycles. The van der Waals surface area contributed by atoms with Crippen LogP contribution in [0.1, 0.15) is 21.6 Å². The molecule has 0 saturated carbocycles. The highest BCUT2D eigenvalue weighted by Gasteiger charge is 2.33. The van der Waals surface area contributed by atoms with Crippen molar-refractivity contribution >= 4 is 40.4 Å². The number of aliphatic imine (C=N–C) groups is 1.